The maximum Gasteiger partial charge on any atom is 0.222 e. The van der Waals surface area contributed by atoms with Crippen LogP contribution in [-0.2, 0) is 11.2 Å². The number of fused-ring (bicyclic) bond motifs is 2. The second-order valence-corrected chi connectivity index (χ2v) is 9.86. The minimum absolute atomic E-state index is 0.0000605. The molecule has 4 heterocycles. The van der Waals surface area contributed by atoms with Crippen LogP contribution in [0.3, 0.4) is 0 Å². The van der Waals surface area contributed by atoms with Crippen LogP contribution in [0.15, 0.2) is 42.7 Å². The number of hydrogen-bond donors (Lipinski definition) is 2. The molecule has 4 aromatic rings. The Labute approximate surface area is 205 Å². The van der Waals surface area contributed by atoms with E-state index >= 15 is 0 Å². The van der Waals surface area contributed by atoms with Crippen molar-refractivity contribution in [2.45, 2.75) is 45.1 Å². The van der Waals surface area contributed by atoms with E-state index in [0.29, 0.717) is 25.8 Å². The summed E-state index contributed by atoms with van der Waals surface area (Å²) in [5.74, 6) is 0.815. The summed E-state index contributed by atoms with van der Waals surface area (Å²) < 4.78 is 0. The van der Waals surface area contributed by atoms with Crippen LogP contribution in [0, 0.1) is 13.8 Å². The highest BCUT2D eigenvalue weighted by atomic mass is 16.3. The minimum Gasteiger partial charge on any atom is -0.386 e. The second-order valence-electron chi connectivity index (χ2n) is 9.86. The van der Waals surface area contributed by atoms with Crippen molar-refractivity contribution in [3.05, 3.63) is 59.7 Å². The predicted molar refractivity (Wildman–Crippen MR) is 137 cm³/mol. The molecule has 0 saturated carbocycles. The maximum atomic E-state index is 12.9. The fraction of sp³-hybridized carbons (Fsp3) is 0.407. The Bertz CT molecular complexity index is 1380. The van der Waals surface area contributed by atoms with Crippen molar-refractivity contribution in [1.29, 1.82) is 0 Å². The molecule has 5 rings (SSSR count). The number of rotatable bonds is 6. The topological polar surface area (TPSA) is 98.2 Å². The number of aryl methyl sites for hydroxylation is 3. The first kappa shape index (κ1) is 23.2. The van der Waals surface area contributed by atoms with Gasteiger partial charge in [-0.1, -0.05) is 6.07 Å². The van der Waals surface area contributed by atoms with Gasteiger partial charge in [0.15, 0.2) is 0 Å². The molecular formula is C27H32N6O2. The number of H-pyrrole nitrogens is 1. The van der Waals surface area contributed by atoms with Crippen LogP contribution in [-0.4, -0.2) is 68.1 Å². The molecule has 1 aliphatic heterocycles. The SMILES string of the molecule is Cc1cc(C)c2nc(CCC(=O)N(C)C[C@@]3(O)CCCN(c4ccnc5cccnc45)C3)[nH]c2c1. The van der Waals surface area contributed by atoms with Gasteiger partial charge in [0.1, 0.15) is 11.3 Å². The summed E-state index contributed by atoms with van der Waals surface area (Å²) in [5.41, 5.74) is 5.94. The summed E-state index contributed by atoms with van der Waals surface area (Å²) in [6, 6.07) is 9.97. The molecule has 1 aliphatic rings. The zero-order valence-corrected chi connectivity index (χ0v) is 20.6. The highest BCUT2D eigenvalue weighted by Gasteiger charge is 2.36. The minimum atomic E-state index is -0.985. The first-order valence-corrected chi connectivity index (χ1v) is 12.2. The molecule has 1 saturated heterocycles. The number of carbonyl (C=O) groups is 1. The Morgan fingerprint density at radius 1 is 1.20 bits per heavy atom. The first-order valence-electron chi connectivity index (χ1n) is 12.2. The van der Waals surface area contributed by atoms with Crippen LogP contribution in [0.5, 0.6) is 0 Å². The Hall–Kier alpha value is -3.52. The lowest BCUT2D eigenvalue weighted by Gasteiger charge is -2.42. The third kappa shape index (κ3) is 4.84. The fourth-order valence-corrected chi connectivity index (χ4v) is 5.25. The number of likely N-dealkylation sites (N-methyl/N-ethyl adjacent to an activating group) is 1. The summed E-state index contributed by atoms with van der Waals surface area (Å²) in [6.07, 6.45) is 5.92. The maximum absolute atomic E-state index is 12.9. The number of nitrogens with zero attached hydrogens (tertiary/aromatic N) is 5. The standard InChI is InChI=1S/C27H32N6O2/c1-18-14-19(2)25-21(15-18)30-23(31-25)7-8-24(34)32(3)16-27(35)10-5-13-33(17-27)22-9-12-28-20-6-4-11-29-26(20)22/h4,6,9,11-12,14-15,35H,5,7-8,10,13,16-17H2,1-3H3,(H,30,31)/t27-/m0/s1. The lowest BCUT2D eigenvalue weighted by Crippen LogP contribution is -2.54. The van der Waals surface area contributed by atoms with Gasteiger partial charge < -0.3 is 19.9 Å². The average Bonchev–Trinajstić information content (AvgIpc) is 3.25. The number of benzene rings is 1. The number of imidazole rings is 1. The lowest BCUT2D eigenvalue weighted by atomic mass is 9.91. The van der Waals surface area contributed by atoms with E-state index in [-0.39, 0.29) is 12.5 Å². The predicted octanol–water partition coefficient (Wildman–Crippen LogP) is 3.55. The Kier molecular flexibility index (Phi) is 6.15. The van der Waals surface area contributed by atoms with E-state index in [1.165, 1.54) is 5.56 Å². The largest absolute Gasteiger partial charge is 0.386 e. The first-order chi connectivity index (χ1) is 16.8. The molecule has 35 heavy (non-hydrogen) atoms. The highest BCUT2D eigenvalue weighted by molar-refractivity contribution is 5.87. The number of nitrogens with one attached hydrogen (secondary N) is 1. The zero-order valence-electron chi connectivity index (χ0n) is 20.6. The molecule has 8 heteroatoms. The van der Waals surface area contributed by atoms with E-state index in [1.807, 2.05) is 18.2 Å². The van der Waals surface area contributed by atoms with Gasteiger partial charge in [-0.15, -0.1) is 0 Å². The third-order valence-corrected chi connectivity index (χ3v) is 6.87. The van der Waals surface area contributed by atoms with Gasteiger partial charge in [0, 0.05) is 45.4 Å². The van der Waals surface area contributed by atoms with Gasteiger partial charge in [-0.25, -0.2) is 4.98 Å². The lowest BCUT2D eigenvalue weighted by molar-refractivity contribution is -0.133. The normalized spacial score (nSPS) is 18.3. The number of pyridine rings is 2. The smallest absolute Gasteiger partial charge is 0.222 e. The van der Waals surface area contributed by atoms with Crippen LogP contribution in [0.2, 0.25) is 0 Å². The molecular weight excluding hydrogens is 440 g/mol. The molecule has 8 nitrogen and oxygen atoms in total. The molecule has 0 radical (unpaired) electrons. The van der Waals surface area contributed by atoms with Gasteiger partial charge in [0.25, 0.3) is 0 Å². The van der Waals surface area contributed by atoms with Gasteiger partial charge in [-0.2, -0.15) is 0 Å². The van der Waals surface area contributed by atoms with Gasteiger partial charge >= 0.3 is 0 Å². The van der Waals surface area contributed by atoms with Crippen LogP contribution >= 0.6 is 0 Å². The summed E-state index contributed by atoms with van der Waals surface area (Å²) in [4.78, 5) is 33.7. The number of piperidine rings is 1. The molecule has 2 N–H and O–H groups in total. The Morgan fingerprint density at radius 2 is 2.06 bits per heavy atom. The number of aromatic nitrogens is 4. The molecule has 1 atom stereocenters. The molecule has 1 aromatic carbocycles. The van der Waals surface area contributed by atoms with Crippen LogP contribution in [0.1, 0.15) is 36.2 Å². The van der Waals surface area contributed by atoms with Crippen LogP contribution < -0.4 is 4.90 Å². The summed E-state index contributed by atoms with van der Waals surface area (Å²) >= 11 is 0. The van der Waals surface area contributed by atoms with E-state index in [0.717, 1.165) is 52.1 Å². The van der Waals surface area contributed by atoms with Crippen LogP contribution in [0.4, 0.5) is 5.69 Å². The number of β-amino-alcohol motifs (C(OH)–C–C–N with tert-alkyl or cyclic N) is 1. The molecule has 3 aromatic heterocycles. The highest BCUT2D eigenvalue weighted by Crippen LogP contribution is 2.30. The molecule has 0 spiro atoms. The van der Waals surface area contributed by atoms with Crippen molar-refractivity contribution in [2.75, 3.05) is 31.6 Å². The van der Waals surface area contributed by atoms with Crippen molar-refractivity contribution in [1.82, 2.24) is 24.8 Å². The fourth-order valence-electron chi connectivity index (χ4n) is 5.25. The van der Waals surface area contributed by atoms with E-state index < -0.39 is 5.60 Å². The van der Waals surface area contributed by atoms with Crippen molar-refractivity contribution in [3.63, 3.8) is 0 Å². The summed E-state index contributed by atoms with van der Waals surface area (Å²) in [7, 11) is 1.77. The average molecular weight is 473 g/mol. The summed E-state index contributed by atoms with van der Waals surface area (Å²) in [6.45, 7) is 5.69. The third-order valence-electron chi connectivity index (χ3n) is 6.87. The number of aromatic amines is 1. The quantitative estimate of drug-likeness (QED) is 0.445. The molecule has 1 fully saturated rings. The monoisotopic (exact) mass is 472 g/mol. The number of amides is 1. The number of carbonyl (C=O) groups excluding carboxylic acids is 1. The molecule has 1 amide bonds. The Balaban J connectivity index is 1.23. The van der Waals surface area contributed by atoms with Gasteiger partial charge in [0.05, 0.1) is 34.4 Å². The van der Waals surface area contributed by atoms with E-state index in [9.17, 15) is 9.90 Å². The molecule has 0 unspecified atom stereocenters. The van der Waals surface area contributed by atoms with Crippen molar-refractivity contribution in [2.24, 2.45) is 0 Å². The second kappa shape index (κ2) is 9.26. The number of anilines is 1. The van der Waals surface area contributed by atoms with Gasteiger partial charge in [-0.3, -0.25) is 14.8 Å². The van der Waals surface area contributed by atoms with Gasteiger partial charge in [0.2, 0.25) is 5.91 Å². The van der Waals surface area contributed by atoms with Crippen LogP contribution in [0.25, 0.3) is 22.1 Å². The molecule has 0 bridgehead atoms. The van der Waals surface area contributed by atoms with Crippen molar-refractivity contribution in [3.8, 4) is 0 Å². The number of aliphatic hydroxyl groups is 1. The van der Waals surface area contributed by atoms with Crippen molar-refractivity contribution >= 4 is 33.7 Å². The summed E-state index contributed by atoms with van der Waals surface area (Å²) in [5, 5.41) is 11.4. The molecule has 182 valence electrons. The van der Waals surface area contributed by atoms with E-state index in [2.05, 4.69) is 50.8 Å². The zero-order chi connectivity index (χ0) is 24.6. The van der Waals surface area contributed by atoms with Gasteiger partial charge in [-0.05, 0) is 62.1 Å². The molecule has 0 aliphatic carbocycles. The Morgan fingerprint density at radius 3 is 2.91 bits per heavy atom. The van der Waals surface area contributed by atoms with E-state index in [1.54, 1.807) is 24.3 Å². The van der Waals surface area contributed by atoms with Crippen molar-refractivity contribution < 1.29 is 9.90 Å². The van der Waals surface area contributed by atoms with E-state index in [4.69, 9.17) is 0 Å². The number of hydrogen-bond acceptors (Lipinski definition) is 6.